The van der Waals surface area contributed by atoms with E-state index in [2.05, 4.69) is 83.6 Å². The monoisotopic (exact) mass is 702 g/mol. The highest BCUT2D eigenvalue weighted by Gasteiger charge is 2.04. The molecule has 0 atom stereocenters. The highest BCUT2D eigenvalue weighted by Crippen LogP contribution is 2.17. The maximum absolute atomic E-state index is 8.05. The molecule has 0 aliphatic heterocycles. The van der Waals surface area contributed by atoms with E-state index in [-0.39, 0.29) is 7.43 Å². The molecule has 4 aromatic carbocycles. The molecule has 0 bridgehead atoms. The molecule has 5 aromatic rings. The van der Waals surface area contributed by atoms with Crippen molar-refractivity contribution in [3.63, 3.8) is 0 Å². The highest BCUT2D eigenvalue weighted by molar-refractivity contribution is 14.1. The first-order chi connectivity index (χ1) is 17.6. The van der Waals surface area contributed by atoms with Crippen molar-refractivity contribution < 1.29 is 0 Å². The molecular formula is C29H24I2N6. The predicted molar refractivity (Wildman–Crippen MR) is 169 cm³/mol. The van der Waals surface area contributed by atoms with Gasteiger partial charge in [-0.1, -0.05) is 84.3 Å². The van der Waals surface area contributed by atoms with Gasteiger partial charge in [-0.15, -0.1) is 11.5 Å². The van der Waals surface area contributed by atoms with Crippen molar-refractivity contribution in [3.8, 4) is 29.3 Å². The lowest BCUT2D eigenvalue weighted by Crippen LogP contribution is -1.94. The molecule has 0 aliphatic rings. The van der Waals surface area contributed by atoms with Gasteiger partial charge in [-0.3, -0.25) is 0 Å². The third-order valence-electron chi connectivity index (χ3n) is 4.58. The molecule has 0 N–H and O–H groups in total. The standard InChI is InChI=1S/C14H10IN3.C8H6.C6H4IN3.CH4/c15-12-6-8-13(9-7-12)18-10-14(16-17-18)11-4-2-1-3-5-11;1-2-8-6-4-3-5-7-8;7-5-1-3-6(4-2-5)9-10-8;/h1-10H;1,3-7H;1-4H;1H4/i15-4;;7-4;. The van der Waals surface area contributed by atoms with Gasteiger partial charge in [0.15, 0.2) is 0 Å². The number of benzene rings is 4. The number of hydrogen-bond acceptors (Lipinski definition) is 3. The SMILES string of the molecule is C.C#Cc1ccccc1.[123I]c1ccc(-n2cc(-c3ccccc3)nn2)cc1.[N-]=[N+]=Nc1ccc([123I])cc1. The number of aromatic nitrogens is 3. The number of hydrogen-bond donors (Lipinski definition) is 0. The molecule has 0 saturated heterocycles. The Morgan fingerprint density at radius 2 is 1.32 bits per heavy atom. The molecule has 1 heterocycles. The van der Waals surface area contributed by atoms with Gasteiger partial charge in [0, 0.05) is 28.9 Å². The summed E-state index contributed by atoms with van der Waals surface area (Å²) in [6.07, 6.45) is 7.04. The summed E-state index contributed by atoms with van der Waals surface area (Å²) in [7, 11) is 0. The Morgan fingerprint density at radius 3 is 1.84 bits per heavy atom. The maximum Gasteiger partial charge on any atom is 0.113 e. The van der Waals surface area contributed by atoms with Crippen LogP contribution in [0.25, 0.3) is 27.4 Å². The molecule has 5 rings (SSSR count). The topological polar surface area (TPSA) is 79.5 Å². The van der Waals surface area contributed by atoms with Crippen LogP contribution in [0.3, 0.4) is 0 Å². The van der Waals surface area contributed by atoms with Crippen molar-refractivity contribution in [1.82, 2.24) is 15.0 Å². The molecule has 0 fully saturated rings. The minimum absolute atomic E-state index is 0. The second kappa shape index (κ2) is 16.2. The quantitative estimate of drug-likeness (QED) is 0.0619. The normalized spacial score (nSPS) is 9.11. The van der Waals surface area contributed by atoms with Crippen LogP contribution in [-0.2, 0) is 0 Å². The summed E-state index contributed by atoms with van der Waals surface area (Å²) in [6.45, 7) is 0. The minimum atomic E-state index is 0. The third-order valence-corrected chi connectivity index (χ3v) is 6.02. The fourth-order valence-electron chi connectivity index (χ4n) is 2.82. The molecule has 0 spiro atoms. The highest BCUT2D eigenvalue weighted by atomic mass is 123. The summed E-state index contributed by atoms with van der Waals surface area (Å²) < 4.78 is 4.13. The lowest BCUT2D eigenvalue weighted by atomic mass is 10.2. The van der Waals surface area contributed by atoms with Gasteiger partial charge in [0.2, 0.25) is 0 Å². The van der Waals surface area contributed by atoms with Gasteiger partial charge < -0.3 is 0 Å². The molecule has 0 saturated carbocycles. The summed E-state index contributed by atoms with van der Waals surface area (Å²) in [4.78, 5) is 2.66. The minimum Gasteiger partial charge on any atom is -0.220 e. The maximum atomic E-state index is 8.05. The van der Waals surface area contributed by atoms with E-state index in [0.717, 1.165) is 26.1 Å². The van der Waals surface area contributed by atoms with Gasteiger partial charge in [0.05, 0.1) is 11.9 Å². The zero-order chi connectivity index (χ0) is 25.6. The van der Waals surface area contributed by atoms with E-state index >= 15 is 0 Å². The summed E-state index contributed by atoms with van der Waals surface area (Å²) >= 11 is 4.48. The average molecular weight is 702 g/mol. The number of azide groups is 1. The van der Waals surface area contributed by atoms with Crippen LogP contribution in [0.5, 0.6) is 0 Å². The Bertz CT molecular complexity index is 1440. The molecule has 0 unspecified atom stereocenters. The van der Waals surface area contributed by atoms with Crippen LogP contribution in [0, 0.1) is 19.5 Å². The van der Waals surface area contributed by atoms with E-state index in [0.29, 0.717) is 5.69 Å². The van der Waals surface area contributed by atoms with Crippen LogP contribution in [0.15, 0.2) is 121 Å². The molecule has 0 radical (unpaired) electrons. The van der Waals surface area contributed by atoms with Crippen LogP contribution < -0.4 is 0 Å². The van der Waals surface area contributed by atoms with Gasteiger partial charge >= 0.3 is 0 Å². The smallest absolute Gasteiger partial charge is 0.113 e. The van der Waals surface area contributed by atoms with Crippen molar-refractivity contribution in [2.45, 2.75) is 7.43 Å². The van der Waals surface area contributed by atoms with E-state index in [1.807, 2.05) is 91.1 Å². The molecule has 184 valence electrons. The Labute approximate surface area is 244 Å². The Kier molecular flexibility index (Phi) is 12.9. The molecule has 1 aromatic heterocycles. The number of halogens is 2. The van der Waals surface area contributed by atoms with Gasteiger partial charge in [-0.05, 0) is 99.2 Å². The van der Waals surface area contributed by atoms with Gasteiger partial charge in [-0.2, -0.15) is 0 Å². The van der Waals surface area contributed by atoms with Crippen molar-refractivity contribution >= 4 is 50.9 Å². The summed E-state index contributed by atoms with van der Waals surface area (Å²) in [6, 6.07) is 35.2. The summed E-state index contributed by atoms with van der Waals surface area (Å²) in [5.74, 6) is 2.53. The van der Waals surface area contributed by atoms with Crippen LogP contribution in [0.1, 0.15) is 13.0 Å². The second-order valence-corrected chi connectivity index (χ2v) is 9.56. The van der Waals surface area contributed by atoms with Crippen LogP contribution in [0.4, 0.5) is 5.69 Å². The molecule has 6 nitrogen and oxygen atoms in total. The second-order valence-electron chi connectivity index (χ2n) is 7.07. The molecular weight excluding hydrogens is 678 g/mol. The van der Waals surface area contributed by atoms with Crippen LogP contribution in [0.2, 0.25) is 0 Å². The zero-order valence-corrected chi connectivity index (χ0v) is 23.3. The average Bonchev–Trinajstić information content (AvgIpc) is 3.43. The molecule has 0 amide bonds. The van der Waals surface area contributed by atoms with Crippen molar-refractivity contribution in [2.24, 2.45) is 5.11 Å². The van der Waals surface area contributed by atoms with E-state index in [9.17, 15) is 0 Å². The molecule has 0 aliphatic carbocycles. The van der Waals surface area contributed by atoms with Crippen molar-refractivity contribution in [1.29, 1.82) is 0 Å². The lowest BCUT2D eigenvalue weighted by molar-refractivity contribution is 0.803. The number of rotatable bonds is 3. The van der Waals surface area contributed by atoms with Crippen molar-refractivity contribution in [3.05, 3.63) is 139 Å². The van der Waals surface area contributed by atoms with E-state index in [1.165, 1.54) is 3.57 Å². The first-order valence-electron chi connectivity index (χ1n) is 10.6. The Balaban J connectivity index is 0.000000215. The van der Waals surface area contributed by atoms with Gasteiger partial charge in [-0.25, -0.2) is 4.68 Å². The fourth-order valence-corrected chi connectivity index (χ4v) is 3.54. The van der Waals surface area contributed by atoms with Gasteiger partial charge in [0.25, 0.3) is 0 Å². The first kappa shape index (κ1) is 29.6. The Morgan fingerprint density at radius 1 is 0.784 bits per heavy atom. The molecule has 8 heteroatoms. The van der Waals surface area contributed by atoms with E-state index in [4.69, 9.17) is 12.0 Å². The molecule has 37 heavy (non-hydrogen) atoms. The Hall–Kier alpha value is -3.65. The van der Waals surface area contributed by atoms with Gasteiger partial charge in [0.1, 0.15) is 5.69 Å². The van der Waals surface area contributed by atoms with Crippen molar-refractivity contribution in [2.75, 3.05) is 0 Å². The predicted octanol–water partition coefficient (Wildman–Crippen LogP) is 9.08. The largest absolute Gasteiger partial charge is 0.220 e. The number of terminal acetylenes is 1. The van der Waals surface area contributed by atoms with Crippen LogP contribution >= 0.6 is 45.2 Å². The first-order valence-corrected chi connectivity index (χ1v) is 12.8. The fraction of sp³-hybridized carbons (Fsp3) is 0.0345. The third kappa shape index (κ3) is 10.1. The zero-order valence-electron chi connectivity index (χ0n) is 19.0. The number of nitrogens with zero attached hydrogens (tertiary/aromatic N) is 6. The lowest BCUT2D eigenvalue weighted by Gasteiger charge is -1.99. The summed E-state index contributed by atoms with van der Waals surface area (Å²) in [5, 5.41) is 11.8. The van der Waals surface area contributed by atoms with E-state index < -0.39 is 0 Å². The van der Waals surface area contributed by atoms with Crippen LogP contribution in [-0.4, -0.2) is 15.0 Å². The summed E-state index contributed by atoms with van der Waals surface area (Å²) in [5.41, 5.74) is 12.6. The van der Waals surface area contributed by atoms with E-state index in [1.54, 1.807) is 16.8 Å².